The summed E-state index contributed by atoms with van der Waals surface area (Å²) in [6.45, 7) is 13.8. The van der Waals surface area contributed by atoms with Crippen molar-refractivity contribution < 1.29 is 9.53 Å². The molecule has 9 nitrogen and oxygen atoms in total. The maximum atomic E-state index is 12.4. The van der Waals surface area contributed by atoms with Gasteiger partial charge in [-0.1, -0.05) is 6.92 Å². The van der Waals surface area contributed by atoms with E-state index in [-0.39, 0.29) is 30.1 Å². The van der Waals surface area contributed by atoms with Gasteiger partial charge in [-0.3, -0.25) is 4.99 Å². The Labute approximate surface area is 215 Å². The molecule has 1 saturated heterocycles. The fourth-order valence-electron chi connectivity index (χ4n) is 4.29. The van der Waals surface area contributed by atoms with E-state index < -0.39 is 5.60 Å². The van der Waals surface area contributed by atoms with Crippen LogP contribution in [0.2, 0.25) is 0 Å². The molecule has 0 spiro atoms. The molecule has 0 radical (unpaired) electrons. The molecular weight excluding hydrogens is 533 g/mol. The van der Waals surface area contributed by atoms with E-state index in [1.807, 2.05) is 30.4 Å². The lowest BCUT2D eigenvalue weighted by Crippen LogP contribution is -2.47. The molecule has 0 aliphatic carbocycles. The largest absolute Gasteiger partial charge is 0.444 e. The summed E-state index contributed by atoms with van der Waals surface area (Å²) >= 11 is 0. The summed E-state index contributed by atoms with van der Waals surface area (Å²) in [6.07, 6.45) is 5.76. The normalized spacial score (nSPS) is 21.1. The maximum Gasteiger partial charge on any atom is 0.410 e. The molecule has 33 heavy (non-hydrogen) atoms. The minimum absolute atomic E-state index is 0. The number of aliphatic imine (C=N–C) groups is 1. The van der Waals surface area contributed by atoms with Crippen LogP contribution in [0.5, 0.6) is 0 Å². The number of guanidine groups is 1. The van der Waals surface area contributed by atoms with Gasteiger partial charge in [0.05, 0.1) is 6.54 Å². The number of piperidine rings is 1. The Morgan fingerprint density at radius 1 is 1.24 bits per heavy atom. The van der Waals surface area contributed by atoms with E-state index in [1.165, 1.54) is 0 Å². The standard InChI is InChI=1S/C23H41N7O2.HI/c1-6-19-27-20-11-10-18(16-30(20)28-19)26-21(24-7-2)25-13-12-17-9-8-14-29(15-17)22(31)32-23(3,4)5;/h17-18H,6-16H2,1-5H3,(H2,24,25,26);1H. The second-order valence-electron chi connectivity index (χ2n) is 9.84. The number of hydrogen-bond acceptors (Lipinski definition) is 5. The first-order chi connectivity index (χ1) is 15.3. The number of carbonyl (C=O) groups is 1. The highest BCUT2D eigenvalue weighted by Crippen LogP contribution is 2.22. The van der Waals surface area contributed by atoms with E-state index >= 15 is 0 Å². The van der Waals surface area contributed by atoms with Crippen molar-refractivity contribution in [3.8, 4) is 0 Å². The van der Waals surface area contributed by atoms with Crippen LogP contribution >= 0.6 is 24.0 Å². The van der Waals surface area contributed by atoms with Crippen LogP contribution in [0.15, 0.2) is 4.99 Å². The number of fused-ring (bicyclic) bond motifs is 1. The number of hydrogen-bond donors (Lipinski definition) is 2. The lowest BCUT2D eigenvalue weighted by molar-refractivity contribution is 0.0163. The predicted molar refractivity (Wildman–Crippen MR) is 141 cm³/mol. The predicted octanol–water partition coefficient (Wildman–Crippen LogP) is 3.37. The summed E-state index contributed by atoms with van der Waals surface area (Å²) in [5.41, 5.74) is -0.453. The summed E-state index contributed by atoms with van der Waals surface area (Å²) in [7, 11) is 0. The number of rotatable bonds is 6. The minimum atomic E-state index is -0.453. The number of carbonyl (C=O) groups excluding carboxylic acids is 1. The number of halogens is 1. The molecule has 0 bridgehead atoms. The molecule has 1 aromatic heterocycles. The number of ether oxygens (including phenoxy) is 1. The summed E-state index contributed by atoms with van der Waals surface area (Å²) in [6, 6.07) is 0.295. The van der Waals surface area contributed by atoms with E-state index in [9.17, 15) is 4.79 Å². The average molecular weight is 576 g/mol. The van der Waals surface area contributed by atoms with E-state index in [0.29, 0.717) is 12.0 Å². The zero-order valence-corrected chi connectivity index (χ0v) is 23.2. The van der Waals surface area contributed by atoms with Crippen LogP contribution in [0.4, 0.5) is 4.79 Å². The SMILES string of the molecule is CCNC(=NCCC1CCCN(C(=O)OC(C)(C)C)C1)NC1CCc2nc(CC)nn2C1.I. The van der Waals surface area contributed by atoms with Crippen LogP contribution in [0, 0.1) is 5.92 Å². The number of aromatic nitrogens is 3. The minimum Gasteiger partial charge on any atom is -0.444 e. The van der Waals surface area contributed by atoms with Gasteiger partial charge < -0.3 is 20.3 Å². The van der Waals surface area contributed by atoms with Crippen molar-refractivity contribution in [3.63, 3.8) is 0 Å². The third-order valence-corrected chi connectivity index (χ3v) is 5.88. The summed E-state index contributed by atoms with van der Waals surface area (Å²) < 4.78 is 7.58. The maximum absolute atomic E-state index is 12.4. The van der Waals surface area contributed by atoms with E-state index in [1.54, 1.807) is 0 Å². The van der Waals surface area contributed by atoms with Gasteiger partial charge >= 0.3 is 6.09 Å². The van der Waals surface area contributed by atoms with Gasteiger partial charge in [-0.15, -0.1) is 24.0 Å². The molecule has 2 aliphatic rings. The van der Waals surface area contributed by atoms with Gasteiger partial charge in [0.25, 0.3) is 0 Å². The summed E-state index contributed by atoms with van der Waals surface area (Å²) in [5.74, 6) is 3.34. The Morgan fingerprint density at radius 2 is 2.03 bits per heavy atom. The van der Waals surface area contributed by atoms with Crippen LogP contribution in [0.25, 0.3) is 0 Å². The van der Waals surface area contributed by atoms with Gasteiger partial charge in [0.1, 0.15) is 11.4 Å². The van der Waals surface area contributed by atoms with E-state index in [4.69, 9.17) is 9.73 Å². The molecule has 1 aromatic rings. The second-order valence-corrected chi connectivity index (χ2v) is 9.84. The third kappa shape index (κ3) is 8.60. The Balaban J connectivity index is 0.00000385. The van der Waals surface area contributed by atoms with Crippen molar-refractivity contribution in [1.82, 2.24) is 30.3 Å². The quantitative estimate of drug-likeness (QED) is 0.307. The van der Waals surface area contributed by atoms with Crippen molar-refractivity contribution >= 4 is 36.0 Å². The molecule has 2 atom stereocenters. The zero-order valence-electron chi connectivity index (χ0n) is 20.9. The fraction of sp³-hybridized carbons (Fsp3) is 0.826. The highest BCUT2D eigenvalue weighted by molar-refractivity contribution is 14.0. The highest BCUT2D eigenvalue weighted by Gasteiger charge is 2.27. The molecule has 2 aliphatic heterocycles. The number of nitrogens with one attached hydrogen (secondary N) is 2. The first-order valence-electron chi connectivity index (χ1n) is 12.2. The van der Waals surface area contributed by atoms with Crippen LogP contribution < -0.4 is 10.6 Å². The van der Waals surface area contributed by atoms with Gasteiger partial charge in [-0.2, -0.15) is 5.10 Å². The molecule has 0 aromatic carbocycles. The van der Waals surface area contributed by atoms with Gasteiger partial charge in [0.2, 0.25) is 0 Å². The van der Waals surface area contributed by atoms with Crippen LogP contribution in [0.3, 0.4) is 0 Å². The van der Waals surface area contributed by atoms with Gasteiger partial charge in [-0.05, 0) is 59.3 Å². The fourth-order valence-corrected chi connectivity index (χ4v) is 4.29. The lowest BCUT2D eigenvalue weighted by Gasteiger charge is -2.34. The highest BCUT2D eigenvalue weighted by atomic mass is 127. The molecule has 10 heteroatoms. The van der Waals surface area contributed by atoms with Crippen molar-refractivity contribution in [2.75, 3.05) is 26.2 Å². The summed E-state index contributed by atoms with van der Waals surface area (Å²) in [4.78, 5) is 23.7. The van der Waals surface area contributed by atoms with Crippen LogP contribution in [-0.2, 0) is 24.1 Å². The van der Waals surface area contributed by atoms with Gasteiger partial charge in [0.15, 0.2) is 11.8 Å². The van der Waals surface area contributed by atoms with E-state index in [0.717, 1.165) is 88.9 Å². The summed E-state index contributed by atoms with van der Waals surface area (Å²) in [5, 5.41) is 11.6. The first-order valence-corrected chi connectivity index (χ1v) is 12.2. The van der Waals surface area contributed by atoms with Crippen molar-refractivity contribution in [1.29, 1.82) is 0 Å². The number of nitrogens with zero attached hydrogens (tertiary/aromatic N) is 5. The monoisotopic (exact) mass is 575 g/mol. The molecule has 3 heterocycles. The van der Waals surface area contributed by atoms with E-state index in [2.05, 4.69) is 34.6 Å². The average Bonchev–Trinajstić information content (AvgIpc) is 3.15. The van der Waals surface area contributed by atoms with Crippen molar-refractivity contribution in [2.24, 2.45) is 10.9 Å². The second kappa shape index (κ2) is 12.8. The molecule has 0 saturated carbocycles. The molecule has 2 N–H and O–H groups in total. The Hall–Kier alpha value is -1.59. The molecule has 1 fully saturated rings. The third-order valence-electron chi connectivity index (χ3n) is 5.88. The molecular formula is C23H42IN7O2. The lowest BCUT2D eigenvalue weighted by atomic mass is 9.95. The molecule has 3 rings (SSSR count). The molecule has 1 amide bonds. The molecule has 188 valence electrons. The Kier molecular flexibility index (Phi) is 10.7. The smallest absolute Gasteiger partial charge is 0.410 e. The van der Waals surface area contributed by atoms with Gasteiger partial charge in [-0.25, -0.2) is 14.5 Å². The first kappa shape index (κ1) is 27.7. The number of amides is 1. The zero-order chi connectivity index (χ0) is 23.1. The number of aryl methyl sites for hydroxylation is 2. The Morgan fingerprint density at radius 3 is 2.73 bits per heavy atom. The van der Waals surface area contributed by atoms with Crippen molar-refractivity contribution in [2.45, 2.75) is 91.3 Å². The van der Waals surface area contributed by atoms with Crippen molar-refractivity contribution in [3.05, 3.63) is 11.6 Å². The van der Waals surface area contributed by atoms with Crippen LogP contribution in [0.1, 0.15) is 72.0 Å². The topological polar surface area (TPSA) is 96.7 Å². The molecule has 2 unspecified atom stereocenters. The number of likely N-dealkylation sites (tertiary alicyclic amines) is 1. The Bertz CT molecular complexity index is 790. The van der Waals surface area contributed by atoms with Crippen LogP contribution in [-0.4, -0.2) is 69.5 Å². The van der Waals surface area contributed by atoms with Gasteiger partial charge in [0, 0.05) is 45.1 Å².